The Morgan fingerprint density at radius 2 is 2.56 bits per heavy atom. The van der Waals surface area contributed by atoms with Gasteiger partial charge in [-0.25, -0.2) is 4.99 Å². The third kappa shape index (κ3) is 1.02. The van der Waals surface area contributed by atoms with Crippen LogP contribution in [0.5, 0.6) is 0 Å². The van der Waals surface area contributed by atoms with Crippen molar-refractivity contribution in [3.63, 3.8) is 0 Å². The molecule has 9 heavy (non-hydrogen) atoms. The predicted molar refractivity (Wildman–Crippen MR) is 39.1 cm³/mol. The van der Waals surface area contributed by atoms with Crippen molar-refractivity contribution < 1.29 is 0 Å². The molecule has 0 aromatic rings. The molecule has 0 saturated heterocycles. The second-order valence-corrected chi connectivity index (χ2v) is 2.12. The lowest BCUT2D eigenvalue weighted by Crippen LogP contribution is -2.15. The summed E-state index contributed by atoms with van der Waals surface area (Å²) in [6.07, 6.45) is 3.69. The van der Waals surface area contributed by atoms with E-state index in [0.717, 1.165) is 5.70 Å². The summed E-state index contributed by atoms with van der Waals surface area (Å²) in [5.41, 5.74) is 6.38. The van der Waals surface area contributed by atoms with E-state index >= 15 is 0 Å². The molecule has 1 heterocycles. The van der Waals surface area contributed by atoms with E-state index < -0.39 is 0 Å². The van der Waals surface area contributed by atoms with E-state index in [9.17, 15) is 0 Å². The lowest BCUT2D eigenvalue weighted by molar-refractivity contribution is 1.01. The van der Waals surface area contributed by atoms with Gasteiger partial charge >= 0.3 is 0 Å². The number of allylic oxidation sites excluding steroid dienone is 1. The van der Waals surface area contributed by atoms with Crippen LogP contribution in [0.25, 0.3) is 0 Å². The number of hydrogen-bond donors (Lipinski definition) is 1. The van der Waals surface area contributed by atoms with Gasteiger partial charge in [0.2, 0.25) is 0 Å². The zero-order valence-electron chi connectivity index (χ0n) is 5.46. The minimum absolute atomic E-state index is 0.290. The van der Waals surface area contributed by atoms with Gasteiger partial charge in [0.05, 0.1) is 5.70 Å². The quantitative estimate of drug-likeness (QED) is 0.555. The molecule has 1 atom stereocenters. The molecule has 1 rings (SSSR count). The molecule has 2 heteroatoms. The van der Waals surface area contributed by atoms with E-state index in [4.69, 9.17) is 5.73 Å². The monoisotopic (exact) mass is 122 g/mol. The highest BCUT2D eigenvalue weighted by molar-refractivity contribution is 5.87. The molecular weight excluding hydrogens is 112 g/mol. The lowest BCUT2D eigenvalue weighted by Gasteiger charge is -1.93. The normalized spacial score (nSPS) is 25.2. The minimum Gasteiger partial charge on any atom is -0.387 e. The fourth-order valence-electron chi connectivity index (χ4n) is 0.743. The fourth-order valence-corrected chi connectivity index (χ4v) is 0.743. The van der Waals surface area contributed by atoms with Gasteiger partial charge in [0.15, 0.2) is 0 Å². The molecule has 0 bridgehead atoms. The van der Waals surface area contributed by atoms with Crippen LogP contribution >= 0.6 is 0 Å². The van der Waals surface area contributed by atoms with Crippen LogP contribution in [-0.2, 0) is 0 Å². The molecule has 0 saturated carbocycles. The Balaban J connectivity index is 2.82. The maximum Gasteiger partial charge on any atom is 0.106 e. The zero-order valence-corrected chi connectivity index (χ0v) is 5.46. The first-order valence-corrected chi connectivity index (χ1v) is 2.92. The highest BCUT2D eigenvalue weighted by Gasteiger charge is 2.10. The standard InChI is InChI=1S/C7H10N2/c1-3-6-4-5(2)7(8)9-6/h3-5H,1H2,2H3,(H2,8,9). The van der Waals surface area contributed by atoms with Gasteiger partial charge in [0.25, 0.3) is 0 Å². The Morgan fingerprint density at radius 3 is 2.78 bits per heavy atom. The first-order valence-electron chi connectivity index (χ1n) is 2.92. The van der Waals surface area contributed by atoms with Crippen molar-refractivity contribution in [3.05, 3.63) is 24.4 Å². The maximum atomic E-state index is 5.49. The molecule has 0 radical (unpaired) electrons. The Morgan fingerprint density at radius 1 is 1.89 bits per heavy atom. The summed E-state index contributed by atoms with van der Waals surface area (Å²) in [5.74, 6) is 0.975. The van der Waals surface area contributed by atoms with E-state index in [1.54, 1.807) is 6.08 Å². The van der Waals surface area contributed by atoms with Gasteiger partial charge < -0.3 is 5.73 Å². The molecule has 2 N–H and O–H groups in total. The third-order valence-corrected chi connectivity index (χ3v) is 1.35. The summed E-state index contributed by atoms with van der Waals surface area (Å²) < 4.78 is 0. The van der Waals surface area contributed by atoms with Crippen molar-refractivity contribution in [2.45, 2.75) is 6.92 Å². The Kier molecular flexibility index (Phi) is 1.39. The molecule has 2 nitrogen and oxygen atoms in total. The molecule has 0 fully saturated rings. The number of nitrogens with zero attached hydrogens (tertiary/aromatic N) is 1. The number of rotatable bonds is 1. The highest BCUT2D eigenvalue weighted by atomic mass is 14.9. The Bertz CT molecular complexity index is 189. The van der Waals surface area contributed by atoms with Gasteiger partial charge in [0, 0.05) is 5.92 Å². The van der Waals surface area contributed by atoms with Gasteiger partial charge in [-0.3, -0.25) is 0 Å². The molecule has 0 spiro atoms. The van der Waals surface area contributed by atoms with Gasteiger partial charge in [-0.15, -0.1) is 0 Å². The van der Waals surface area contributed by atoms with Crippen molar-refractivity contribution in [1.82, 2.24) is 0 Å². The number of nitrogens with two attached hydrogens (primary N) is 1. The van der Waals surface area contributed by atoms with Crippen LogP contribution in [-0.4, -0.2) is 5.84 Å². The van der Waals surface area contributed by atoms with Crippen LogP contribution in [0.1, 0.15) is 6.92 Å². The summed E-state index contributed by atoms with van der Waals surface area (Å²) in [6.45, 7) is 5.59. The van der Waals surface area contributed by atoms with E-state index in [-0.39, 0.29) is 5.92 Å². The van der Waals surface area contributed by atoms with Crippen LogP contribution in [0.2, 0.25) is 0 Å². The van der Waals surface area contributed by atoms with Gasteiger partial charge in [-0.05, 0) is 12.2 Å². The van der Waals surface area contributed by atoms with Crippen LogP contribution in [0.15, 0.2) is 29.4 Å². The number of hydrogen-bond acceptors (Lipinski definition) is 2. The molecule has 1 aliphatic heterocycles. The lowest BCUT2D eigenvalue weighted by atomic mass is 10.2. The van der Waals surface area contributed by atoms with E-state index in [1.807, 2.05) is 13.0 Å². The SMILES string of the molecule is C=CC1=CC(C)C(N)=N1. The van der Waals surface area contributed by atoms with Crippen molar-refractivity contribution in [1.29, 1.82) is 0 Å². The van der Waals surface area contributed by atoms with Crippen LogP contribution < -0.4 is 5.73 Å². The number of aliphatic imine (C=N–C) groups is 1. The average molecular weight is 122 g/mol. The molecule has 0 aliphatic carbocycles. The second kappa shape index (κ2) is 2.05. The summed E-state index contributed by atoms with van der Waals surface area (Å²) in [6, 6.07) is 0. The summed E-state index contributed by atoms with van der Waals surface area (Å²) in [4.78, 5) is 4.03. The second-order valence-electron chi connectivity index (χ2n) is 2.12. The maximum absolute atomic E-state index is 5.49. The van der Waals surface area contributed by atoms with E-state index in [1.165, 1.54) is 0 Å². The summed E-state index contributed by atoms with van der Waals surface area (Å²) >= 11 is 0. The minimum atomic E-state index is 0.290. The third-order valence-electron chi connectivity index (χ3n) is 1.35. The molecule has 1 unspecified atom stereocenters. The highest BCUT2D eigenvalue weighted by Crippen LogP contribution is 2.13. The Labute approximate surface area is 54.8 Å². The van der Waals surface area contributed by atoms with Crippen molar-refractivity contribution in [2.24, 2.45) is 16.6 Å². The summed E-state index contributed by atoms with van der Waals surface area (Å²) in [5, 5.41) is 0. The molecule has 0 amide bonds. The molecule has 0 aromatic carbocycles. The molecular formula is C7H10N2. The zero-order chi connectivity index (χ0) is 6.85. The van der Waals surface area contributed by atoms with Gasteiger partial charge in [0.1, 0.15) is 5.84 Å². The van der Waals surface area contributed by atoms with Crippen LogP contribution in [0.3, 0.4) is 0 Å². The summed E-state index contributed by atoms with van der Waals surface area (Å²) in [7, 11) is 0. The van der Waals surface area contributed by atoms with E-state index in [2.05, 4.69) is 11.6 Å². The number of amidine groups is 1. The average Bonchev–Trinajstić information content (AvgIpc) is 2.13. The van der Waals surface area contributed by atoms with Gasteiger partial charge in [-0.1, -0.05) is 13.5 Å². The first-order chi connectivity index (χ1) is 4.24. The van der Waals surface area contributed by atoms with Crippen molar-refractivity contribution in [3.8, 4) is 0 Å². The fraction of sp³-hybridized carbons (Fsp3) is 0.286. The smallest absolute Gasteiger partial charge is 0.106 e. The Hall–Kier alpha value is -1.05. The molecule has 48 valence electrons. The van der Waals surface area contributed by atoms with Crippen LogP contribution in [0, 0.1) is 5.92 Å². The topological polar surface area (TPSA) is 38.4 Å². The molecule has 0 aromatic heterocycles. The van der Waals surface area contributed by atoms with Crippen molar-refractivity contribution >= 4 is 5.84 Å². The molecule has 1 aliphatic rings. The van der Waals surface area contributed by atoms with E-state index in [0.29, 0.717) is 5.84 Å². The van der Waals surface area contributed by atoms with Crippen LogP contribution in [0.4, 0.5) is 0 Å². The van der Waals surface area contributed by atoms with Gasteiger partial charge in [-0.2, -0.15) is 0 Å². The predicted octanol–water partition coefficient (Wildman–Crippen LogP) is 1.06. The van der Waals surface area contributed by atoms with Crippen molar-refractivity contribution in [2.75, 3.05) is 0 Å². The first kappa shape index (κ1) is 6.08. The largest absolute Gasteiger partial charge is 0.387 e.